The molecule has 1 aromatic carbocycles. The topological polar surface area (TPSA) is 24.4 Å². The van der Waals surface area contributed by atoms with Crippen molar-refractivity contribution in [3.05, 3.63) is 28.2 Å². The maximum absolute atomic E-state index is 12.9. The lowest BCUT2D eigenvalue weighted by atomic mass is 10.0. The third kappa shape index (κ3) is 4.39. The van der Waals surface area contributed by atoms with Gasteiger partial charge in [-0.05, 0) is 30.5 Å². The molecule has 1 atom stereocenters. The fourth-order valence-corrected chi connectivity index (χ4v) is 3.45. The standard InChI is InChI=1S/C14H16BrF3N2S/c1-8(2)12-5-6-21-13(20-12)19-9-3-4-11(15)10(7-9)14(16,17)18/h3-4,7-8,12H,5-6H2,1-2H3,(H,19,20). The van der Waals surface area contributed by atoms with Crippen molar-refractivity contribution < 1.29 is 13.2 Å². The molecule has 21 heavy (non-hydrogen) atoms. The van der Waals surface area contributed by atoms with E-state index in [4.69, 9.17) is 0 Å². The van der Waals surface area contributed by atoms with Crippen LogP contribution in [0.4, 0.5) is 18.9 Å². The SMILES string of the molecule is CC(C)C1CCSC(Nc2ccc(Br)c(C(F)(F)F)c2)=N1. The van der Waals surface area contributed by atoms with E-state index >= 15 is 0 Å². The molecule has 1 aliphatic rings. The lowest BCUT2D eigenvalue weighted by molar-refractivity contribution is -0.138. The van der Waals surface area contributed by atoms with Gasteiger partial charge in [0.05, 0.1) is 11.6 Å². The largest absolute Gasteiger partial charge is 0.417 e. The molecule has 7 heteroatoms. The second kappa shape index (κ2) is 6.60. The molecule has 0 amide bonds. The van der Waals surface area contributed by atoms with E-state index in [-0.39, 0.29) is 10.5 Å². The molecule has 0 fully saturated rings. The van der Waals surface area contributed by atoms with E-state index in [1.54, 1.807) is 17.8 Å². The summed E-state index contributed by atoms with van der Waals surface area (Å²) in [4.78, 5) is 4.57. The summed E-state index contributed by atoms with van der Waals surface area (Å²) in [7, 11) is 0. The van der Waals surface area contributed by atoms with Crippen molar-refractivity contribution >= 4 is 38.5 Å². The molecule has 2 nitrogen and oxygen atoms in total. The summed E-state index contributed by atoms with van der Waals surface area (Å²) < 4.78 is 38.7. The smallest absolute Gasteiger partial charge is 0.335 e. The van der Waals surface area contributed by atoms with E-state index in [0.29, 0.717) is 16.8 Å². The third-order valence-electron chi connectivity index (χ3n) is 3.23. The zero-order chi connectivity index (χ0) is 15.6. The first-order valence-electron chi connectivity index (χ1n) is 6.61. The summed E-state index contributed by atoms with van der Waals surface area (Å²) in [6.07, 6.45) is -3.37. The first kappa shape index (κ1) is 16.7. The molecule has 0 saturated carbocycles. The molecule has 1 heterocycles. The van der Waals surface area contributed by atoms with Crippen molar-refractivity contribution in [2.75, 3.05) is 11.1 Å². The van der Waals surface area contributed by atoms with Crippen molar-refractivity contribution in [1.82, 2.24) is 0 Å². The lowest BCUT2D eigenvalue weighted by Gasteiger charge is -2.23. The van der Waals surface area contributed by atoms with Crippen molar-refractivity contribution in [3.8, 4) is 0 Å². The molecule has 116 valence electrons. The molecular formula is C14H16BrF3N2S. The highest BCUT2D eigenvalue weighted by Gasteiger charge is 2.33. The molecule has 0 aliphatic carbocycles. The minimum absolute atomic E-state index is 0.0406. The highest BCUT2D eigenvalue weighted by Crippen LogP contribution is 2.36. The predicted molar refractivity (Wildman–Crippen MR) is 85.9 cm³/mol. The van der Waals surface area contributed by atoms with Gasteiger partial charge in [-0.15, -0.1) is 0 Å². The molecule has 1 unspecified atom stereocenters. The third-order valence-corrected chi connectivity index (χ3v) is 4.84. The van der Waals surface area contributed by atoms with Crippen LogP contribution in [0.5, 0.6) is 0 Å². The minimum atomic E-state index is -4.38. The van der Waals surface area contributed by atoms with Gasteiger partial charge in [0.25, 0.3) is 0 Å². The Bertz CT molecular complexity index is 544. The molecule has 0 bridgehead atoms. The summed E-state index contributed by atoms with van der Waals surface area (Å²) in [5.74, 6) is 1.36. The Kier molecular flexibility index (Phi) is 5.24. The average molecular weight is 381 g/mol. The van der Waals surface area contributed by atoms with E-state index in [9.17, 15) is 13.2 Å². The predicted octanol–water partition coefficient (Wildman–Crippen LogP) is 5.40. The van der Waals surface area contributed by atoms with Gasteiger partial charge < -0.3 is 5.32 Å². The second-order valence-corrected chi connectivity index (χ2v) is 7.14. The van der Waals surface area contributed by atoms with Crippen molar-refractivity contribution in [3.63, 3.8) is 0 Å². The molecule has 1 aliphatic heterocycles. The van der Waals surface area contributed by atoms with Crippen LogP contribution < -0.4 is 5.32 Å². The number of aliphatic imine (C=N–C) groups is 1. The van der Waals surface area contributed by atoms with Gasteiger partial charge >= 0.3 is 6.18 Å². The van der Waals surface area contributed by atoms with Crippen molar-refractivity contribution in [2.45, 2.75) is 32.5 Å². The maximum atomic E-state index is 12.9. The number of halogens is 4. The van der Waals surface area contributed by atoms with Crippen LogP contribution in [0.1, 0.15) is 25.8 Å². The number of thioether (sulfide) groups is 1. The van der Waals surface area contributed by atoms with Crippen LogP contribution in [0.3, 0.4) is 0 Å². The van der Waals surface area contributed by atoms with Gasteiger partial charge in [0.2, 0.25) is 0 Å². The Morgan fingerprint density at radius 2 is 2.10 bits per heavy atom. The van der Waals surface area contributed by atoms with Gasteiger partial charge in [0.1, 0.15) is 0 Å². The normalized spacial score (nSPS) is 19.6. The summed E-state index contributed by atoms with van der Waals surface area (Å²) in [6.45, 7) is 4.20. The molecular weight excluding hydrogens is 365 g/mol. The van der Waals surface area contributed by atoms with E-state index in [2.05, 4.69) is 40.1 Å². The number of anilines is 1. The number of hydrogen-bond acceptors (Lipinski definition) is 3. The Balaban J connectivity index is 2.20. The molecule has 0 spiro atoms. The minimum Gasteiger partial charge on any atom is -0.335 e. The van der Waals surface area contributed by atoms with Crippen LogP contribution in [-0.2, 0) is 6.18 Å². The summed E-state index contributed by atoms with van der Waals surface area (Å²) in [6, 6.07) is 4.35. The van der Waals surface area contributed by atoms with Gasteiger partial charge in [-0.3, -0.25) is 4.99 Å². The van der Waals surface area contributed by atoms with Crippen LogP contribution in [0.15, 0.2) is 27.7 Å². The van der Waals surface area contributed by atoms with E-state index in [1.165, 1.54) is 6.07 Å². The molecule has 2 rings (SSSR count). The van der Waals surface area contributed by atoms with Gasteiger partial charge in [-0.1, -0.05) is 41.5 Å². The molecule has 0 radical (unpaired) electrons. The summed E-state index contributed by atoms with van der Waals surface area (Å²) in [5, 5.41) is 3.69. The van der Waals surface area contributed by atoms with Gasteiger partial charge in [-0.2, -0.15) is 13.2 Å². The number of benzene rings is 1. The molecule has 1 N–H and O–H groups in total. The first-order chi connectivity index (χ1) is 9.77. The molecule has 0 aromatic heterocycles. The van der Waals surface area contributed by atoms with Crippen molar-refractivity contribution in [2.24, 2.45) is 10.9 Å². The zero-order valence-electron chi connectivity index (χ0n) is 11.7. The Hall–Kier alpha value is -0.690. The lowest BCUT2D eigenvalue weighted by Crippen LogP contribution is -2.24. The monoisotopic (exact) mass is 380 g/mol. The van der Waals surface area contributed by atoms with Crippen molar-refractivity contribution in [1.29, 1.82) is 0 Å². The van der Waals surface area contributed by atoms with Crippen LogP contribution >= 0.6 is 27.7 Å². The Morgan fingerprint density at radius 1 is 1.38 bits per heavy atom. The number of rotatable bonds is 2. The van der Waals surface area contributed by atoms with Gasteiger partial charge in [0, 0.05) is 15.9 Å². The van der Waals surface area contributed by atoms with Gasteiger partial charge in [0.15, 0.2) is 5.17 Å². The number of amidine groups is 1. The van der Waals surface area contributed by atoms with E-state index < -0.39 is 11.7 Å². The number of alkyl halides is 3. The first-order valence-corrected chi connectivity index (χ1v) is 8.39. The van der Waals surface area contributed by atoms with Crippen LogP contribution in [0, 0.1) is 5.92 Å². The zero-order valence-corrected chi connectivity index (χ0v) is 14.1. The fourth-order valence-electron chi connectivity index (χ4n) is 2.02. The number of hydrogen-bond donors (Lipinski definition) is 1. The number of nitrogens with one attached hydrogen (secondary N) is 1. The fraction of sp³-hybridized carbons (Fsp3) is 0.500. The quantitative estimate of drug-likeness (QED) is 0.742. The Labute approximate surface area is 134 Å². The van der Waals surface area contributed by atoms with Gasteiger partial charge in [-0.25, -0.2) is 0 Å². The van der Waals surface area contributed by atoms with Crippen LogP contribution in [0.2, 0.25) is 0 Å². The summed E-state index contributed by atoms with van der Waals surface area (Å²) in [5.41, 5.74) is -0.282. The highest BCUT2D eigenvalue weighted by molar-refractivity contribution is 9.10. The highest BCUT2D eigenvalue weighted by atomic mass is 79.9. The average Bonchev–Trinajstić information content (AvgIpc) is 2.40. The van der Waals surface area contributed by atoms with E-state index in [0.717, 1.165) is 18.2 Å². The van der Waals surface area contributed by atoms with Crippen LogP contribution in [0.25, 0.3) is 0 Å². The number of nitrogens with zero attached hydrogens (tertiary/aromatic N) is 1. The molecule has 1 aromatic rings. The summed E-state index contributed by atoms with van der Waals surface area (Å²) >= 11 is 4.48. The van der Waals surface area contributed by atoms with Crippen LogP contribution in [-0.4, -0.2) is 17.0 Å². The Morgan fingerprint density at radius 3 is 2.71 bits per heavy atom. The molecule has 0 saturated heterocycles. The van der Waals surface area contributed by atoms with E-state index in [1.807, 2.05) is 0 Å². The second-order valence-electron chi connectivity index (χ2n) is 5.20. The maximum Gasteiger partial charge on any atom is 0.417 e.